The zero-order valence-electron chi connectivity index (χ0n) is 9.64. The molecule has 0 aliphatic rings. The molecule has 0 heterocycles. The molecule has 2 amide bonds. The lowest BCUT2D eigenvalue weighted by atomic mass is 10.1. The number of nitrogens with zero attached hydrogens (tertiary/aromatic N) is 1. The maximum Gasteiger partial charge on any atom is 0.244 e. The van der Waals surface area contributed by atoms with E-state index in [1.165, 1.54) is 0 Å². The number of nitrogens with two attached hydrogens (primary N) is 1. The number of hydrazone groups is 1. The van der Waals surface area contributed by atoms with Gasteiger partial charge in [-0.1, -0.05) is 30.3 Å². The van der Waals surface area contributed by atoms with Gasteiger partial charge in [-0.25, -0.2) is 5.43 Å². The van der Waals surface area contributed by atoms with Gasteiger partial charge in [-0.05, 0) is 12.5 Å². The van der Waals surface area contributed by atoms with E-state index in [1.54, 1.807) is 6.92 Å². The average molecular weight is 233 g/mol. The van der Waals surface area contributed by atoms with Crippen LogP contribution in [0, 0.1) is 0 Å². The molecule has 0 aromatic heterocycles. The first-order valence-electron chi connectivity index (χ1n) is 5.22. The molecule has 0 aliphatic heterocycles. The molecule has 1 aromatic carbocycles. The van der Waals surface area contributed by atoms with Crippen molar-refractivity contribution < 1.29 is 9.59 Å². The molecule has 0 saturated heterocycles. The smallest absolute Gasteiger partial charge is 0.244 e. The average Bonchev–Trinajstić information content (AvgIpc) is 2.27. The van der Waals surface area contributed by atoms with Crippen molar-refractivity contribution in [2.45, 2.75) is 19.8 Å². The van der Waals surface area contributed by atoms with Crippen LogP contribution in [0.3, 0.4) is 0 Å². The predicted molar refractivity (Wildman–Crippen MR) is 65.2 cm³/mol. The first-order valence-corrected chi connectivity index (χ1v) is 5.22. The van der Waals surface area contributed by atoms with Gasteiger partial charge < -0.3 is 5.73 Å². The second-order valence-corrected chi connectivity index (χ2v) is 3.69. The van der Waals surface area contributed by atoms with Gasteiger partial charge in [-0.3, -0.25) is 9.59 Å². The van der Waals surface area contributed by atoms with Crippen molar-refractivity contribution in [2.24, 2.45) is 10.8 Å². The number of carbonyl (C=O) groups excluding carboxylic acids is 2. The number of primary amides is 1. The van der Waals surface area contributed by atoms with E-state index in [0.717, 1.165) is 5.56 Å². The van der Waals surface area contributed by atoms with Crippen molar-refractivity contribution in [3.8, 4) is 0 Å². The maximum absolute atomic E-state index is 11.5. The van der Waals surface area contributed by atoms with E-state index >= 15 is 0 Å². The van der Waals surface area contributed by atoms with E-state index in [0.29, 0.717) is 5.71 Å². The lowest BCUT2D eigenvalue weighted by Gasteiger charge is -2.01. The molecule has 0 aliphatic carbocycles. The van der Waals surface area contributed by atoms with Gasteiger partial charge >= 0.3 is 0 Å². The molecule has 0 saturated carbocycles. The molecule has 0 bridgehead atoms. The molecular formula is C12H15N3O2. The first kappa shape index (κ1) is 12.9. The van der Waals surface area contributed by atoms with Gasteiger partial charge in [-0.2, -0.15) is 5.10 Å². The highest BCUT2D eigenvalue weighted by Crippen LogP contribution is 1.99. The summed E-state index contributed by atoms with van der Waals surface area (Å²) in [6.45, 7) is 1.63. The molecule has 0 atom stereocenters. The summed E-state index contributed by atoms with van der Waals surface area (Å²) in [4.78, 5) is 22.0. The Morgan fingerprint density at radius 2 is 1.94 bits per heavy atom. The van der Waals surface area contributed by atoms with Crippen LogP contribution < -0.4 is 11.2 Å². The minimum absolute atomic E-state index is 0.0472. The number of hydrogen-bond acceptors (Lipinski definition) is 3. The monoisotopic (exact) mass is 233 g/mol. The minimum atomic E-state index is -0.469. The van der Waals surface area contributed by atoms with Crippen LogP contribution in [0.25, 0.3) is 0 Å². The van der Waals surface area contributed by atoms with E-state index in [2.05, 4.69) is 10.5 Å². The summed E-state index contributed by atoms with van der Waals surface area (Å²) in [6, 6.07) is 9.34. The minimum Gasteiger partial charge on any atom is -0.369 e. The zero-order chi connectivity index (χ0) is 12.7. The molecule has 1 rings (SSSR count). The quantitative estimate of drug-likeness (QED) is 0.576. The molecule has 0 unspecified atom stereocenters. The summed E-state index contributed by atoms with van der Waals surface area (Å²) >= 11 is 0. The van der Waals surface area contributed by atoms with Crippen LogP contribution in [0.4, 0.5) is 0 Å². The fourth-order valence-corrected chi connectivity index (χ4v) is 1.27. The molecule has 1 aromatic rings. The third-order valence-electron chi connectivity index (χ3n) is 2.01. The standard InChI is InChI=1S/C12H15N3O2/c1-9(7-11(13)16)14-15-12(17)8-10-5-3-2-4-6-10/h2-6H,7-8H2,1H3,(H2,13,16)(H,15,17). The van der Waals surface area contributed by atoms with Gasteiger partial charge in [0.25, 0.3) is 0 Å². The van der Waals surface area contributed by atoms with Crippen molar-refractivity contribution >= 4 is 17.5 Å². The normalized spacial score (nSPS) is 11.0. The first-order chi connectivity index (χ1) is 8.08. The predicted octanol–water partition coefficient (Wildman–Crippen LogP) is 0.597. The molecule has 3 N–H and O–H groups in total. The number of carbonyl (C=O) groups is 2. The van der Waals surface area contributed by atoms with E-state index in [1.807, 2.05) is 30.3 Å². The molecule has 0 radical (unpaired) electrons. The molecule has 0 spiro atoms. The lowest BCUT2D eigenvalue weighted by molar-refractivity contribution is -0.120. The zero-order valence-corrected chi connectivity index (χ0v) is 9.64. The second-order valence-electron chi connectivity index (χ2n) is 3.69. The molecule has 0 fully saturated rings. The highest BCUT2D eigenvalue weighted by molar-refractivity contribution is 5.99. The number of rotatable bonds is 5. The SMILES string of the molecule is CC(CC(N)=O)=NNC(=O)Cc1ccccc1. The topological polar surface area (TPSA) is 84.6 Å². The van der Waals surface area contributed by atoms with Crippen LogP contribution in [0.5, 0.6) is 0 Å². The fraction of sp³-hybridized carbons (Fsp3) is 0.250. The second kappa shape index (κ2) is 6.42. The Balaban J connectivity index is 2.43. The number of nitrogens with one attached hydrogen (secondary N) is 1. The Kier molecular flexibility index (Phi) is 4.87. The van der Waals surface area contributed by atoms with Gasteiger partial charge in [-0.15, -0.1) is 0 Å². The van der Waals surface area contributed by atoms with Gasteiger partial charge in [0.2, 0.25) is 11.8 Å². The molecule has 90 valence electrons. The van der Waals surface area contributed by atoms with Crippen molar-refractivity contribution in [3.63, 3.8) is 0 Å². The highest BCUT2D eigenvalue weighted by Gasteiger charge is 2.02. The molecule has 17 heavy (non-hydrogen) atoms. The lowest BCUT2D eigenvalue weighted by Crippen LogP contribution is -2.22. The number of amides is 2. The summed E-state index contributed by atoms with van der Waals surface area (Å²) in [6.07, 6.45) is 0.305. The largest absolute Gasteiger partial charge is 0.369 e. The van der Waals surface area contributed by atoms with Crippen LogP contribution in [0.2, 0.25) is 0 Å². The summed E-state index contributed by atoms with van der Waals surface area (Å²) < 4.78 is 0. The Morgan fingerprint density at radius 1 is 1.29 bits per heavy atom. The van der Waals surface area contributed by atoms with Gasteiger partial charge in [0.1, 0.15) is 0 Å². The van der Waals surface area contributed by atoms with E-state index in [4.69, 9.17) is 5.73 Å². The van der Waals surface area contributed by atoms with Gasteiger partial charge in [0, 0.05) is 5.71 Å². The number of hydrogen-bond donors (Lipinski definition) is 2. The van der Waals surface area contributed by atoms with Crippen molar-refractivity contribution in [1.29, 1.82) is 0 Å². The Bertz CT molecular complexity index is 427. The maximum atomic E-state index is 11.5. The summed E-state index contributed by atoms with van der Waals surface area (Å²) in [5.74, 6) is -0.691. The van der Waals surface area contributed by atoms with Crippen molar-refractivity contribution in [1.82, 2.24) is 5.43 Å². The molecule has 5 heteroatoms. The van der Waals surface area contributed by atoms with Crippen LogP contribution in [-0.2, 0) is 16.0 Å². The highest BCUT2D eigenvalue weighted by atomic mass is 16.2. The fourth-order valence-electron chi connectivity index (χ4n) is 1.27. The summed E-state index contributed by atoms with van der Waals surface area (Å²) in [7, 11) is 0. The van der Waals surface area contributed by atoms with Crippen molar-refractivity contribution in [2.75, 3.05) is 0 Å². The van der Waals surface area contributed by atoms with E-state index in [-0.39, 0.29) is 18.7 Å². The third kappa shape index (κ3) is 5.46. The third-order valence-corrected chi connectivity index (χ3v) is 2.01. The Hall–Kier alpha value is -2.17. The summed E-state index contributed by atoms with van der Waals surface area (Å²) in [5.41, 5.74) is 8.76. The molecular weight excluding hydrogens is 218 g/mol. The van der Waals surface area contributed by atoms with Gasteiger partial charge in [0.15, 0.2) is 0 Å². The van der Waals surface area contributed by atoms with Crippen LogP contribution in [-0.4, -0.2) is 17.5 Å². The Labute approximate surface area is 99.7 Å². The van der Waals surface area contributed by atoms with Gasteiger partial charge in [0.05, 0.1) is 12.8 Å². The summed E-state index contributed by atoms with van der Waals surface area (Å²) in [5, 5.41) is 3.78. The van der Waals surface area contributed by atoms with Crippen molar-refractivity contribution in [3.05, 3.63) is 35.9 Å². The number of benzene rings is 1. The Morgan fingerprint density at radius 3 is 2.53 bits per heavy atom. The van der Waals surface area contributed by atoms with E-state index < -0.39 is 5.91 Å². The van der Waals surface area contributed by atoms with Crippen LogP contribution >= 0.6 is 0 Å². The van der Waals surface area contributed by atoms with E-state index in [9.17, 15) is 9.59 Å². The van der Waals surface area contributed by atoms with Crippen LogP contribution in [0.15, 0.2) is 35.4 Å². The van der Waals surface area contributed by atoms with Crippen LogP contribution in [0.1, 0.15) is 18.9 Å². The molecule has 5 nitrogen and oxygen atoms in total.